The smallest absolute Gasteiger partial charge is 0.0798 e. The second-order valence-electron chi connectivity index (χ2n) is 7.20. The van der Waals surface area contributed by atoms with Crippen molar-refractivity contribution < 1.29 is 0 Å². The van der Waals surface area contributed by atoms with E-state index in [1.807, 2.05) is 0 Å². The summed E-state index contributed by atoms with van der Waals surface area (Å²) in [6, 6.07) is 29.2. The predicted octanol–water partition coefficient (Wildman–Crippen LogP) is 5.96. The van der Waals surface area contributed by atoms with Gasteiger partial charge in [-0.3, -0.25) is 0 Å². The van der Waals surface area contributed by atoms with Gasteiger partial charge in [0.1, 0.15) is 0 Å². The fraction of sp³-hybridized carbons (Fsp3) is 0.250. The molecular weight excluding hydrogens is 302 g/mol. The standard InChI is InChI=1S/C24H25N/c1-18(2)19-12-14-21(15-13-19)24-23-11-7-6-8-20(23)16-17-25(24)22-9-4-3-5-10-22/h3-15,18,24H,16-17H2,1-2H3. The van der Waals surface area contributed by atoms with Gasteiger partial charge in [-0.25, -0.2) is 0 Å². The van der Waals surface area contributed by atoms with Crippen LogP contribution in [-0.2, 0) is 6.42 Å². The van der Waals surface area contributed by atoms with E-state index in [-0.39, 0.29) is 6.04 Å². The van der Waals surface area contributed by atoms with E-state index in [1.165, 1.54) is 27.9 Å². The summed E-state index contributed by atoms with van der Waals surface area (Å²) in [4.78, 5) is 2.55. The number of para-hydroxylation sites is 1. The van der Waals surface area contributed by atoms with E-state index in [0.717, 1.165) is 13.0 Å². The van der Waals surface area contributed by atoms with Gasteiger partial charge in [-0.1, -0.05) is 80.6 Å². The van der Waals surface area contributed by atoms with Gasteiger partial charge in [-0.2, -0.15) is 0 Å². The molecule has 0 spiro atoms. The first-order chi connectivity index (χ1) is 12.2. The van der Waals surface area contributed by atoms with Gasteiger partial charge >= 0.3 is 0 Å². The van der Waals surface area contributed by atoms with Gasteiger partial charge in [0.05, 0.1) is 6.04 Å². The molecule has 1 aliphatic heterocycles. The zero-order valence-electron chi connectivity index (χ0n) is 15.0. The summed E-state index contributed by atoms with van der Waals surface area (Å²) >= 11 is 0. The van der Waals surface area contributed by atoms with Crippen LogP contribution in [0.5, 0.6) is 0 Å². The molecule has 0 aliphatic carbocycles. The largest absolute Gasteiger partial charge is 0.360 e. The van der Waals surface area contributed by atoms with E-state index in [2.05, 4.69) is 97.6 Å². The monoisotopic (exact) mass is 327 g/mol. The Kier molecular flexibility index (Phi) is 4.31. The average Bonchev–Trinajstić information content (AvgIpc) is 2.68. The molecule has 25 heavy (non-hydrogen) atoms. The normalized spacial score (nSPS) is 16.8. The van der Waals surface area contributed by atoms with Crippen molar-refractivity contribution >= 4 is 5.69 Å². The Morgan fingerprint density at radius 3 is 2.20 bits per heavy atom. The van der Waals surface area contributed by atoms with E-state index >= 15 is 0 Å². The Labute approximate surface area is 150 Å². The predicted molar refractivity (Wildman–Crippen MR) is 106 cm³/mol. The molecule has 1 unspecified atom stereocenters. The highest BCUT2D eigenvalue weighted by Crippen LogP contribution is 2.38. The Morgan fingerprint density at radius 2 is 1.48 bits per heavy atom. The number of rotatable bonds is 3. The van der Waals surface area contributed by atoms with Crippen LogP contribution in [-0.4, -0.2) is 6.54 Å². The molecule has 3 aromatic rings. The van der Waals surface area contributed by atoms with Crippen molar-refractivity contribution in [3.05, 3.63) is 101 Å². The van der Waals surface area contributed by atoms with Gasteiger partial charge in [-0.15, -0.1) is 0 Å². The highest BCUT2D eigenvalue weighted by Gasteiger charge is 2.28. The van der Waals surface area contributed by atoms with Gasteiger partial charge in [-0.05, 0) is 46.7 Å². The molecule has 1 aliphatic rings. The Hall–Kier alpha value is -2.54. The van der Waals surface area contributed by atoms with E-state index in [1.54, 1.807) is 0 Å². The van der Waals surface area contributed by atoms with E-state index < -0.39 is 0 Å². The first-order valence-corrected chi connectivity index (χ1v) is 9.23. The molecule has 0 radical (unpaired) electrons. The molecule has 0 saturated heterocycles. The van der Waals surface area contributed by atoms with Crippen LogP contribution in [0.1, 0.15) is 48.1 Å². The minimum absolute atomic E-state index is 0.286. The van der Waals surface area contributed by atoms with Crippen molar-refractivity contribution in [1.29, 1.82) is 0 Å². The fourth-order valence-corrected chi connectivity index (χ4v) is 3.89. The molecular formula is C24H25N. The summed E-state index contributed by atoms with van der Waals surface area (Å²) in [7, 11) is 0. The third-order valence-corrected chi connectivity index (χ3v) is 5.29. The van der Waals surface area contributed by atoms with Gasteiger partial charge in [0, 0.05) is 12.2 Å². The van der Waals surface area contributed by atoms with Crippen molar-refractivity contribution in [1.82, 2.24) is 0 Å². The lowest BCUT2D eigenvalue weighted by Crippen LogP contribution is -2.36. The quantitative estimate of drug-likeness (QED) is 0.573. The van der Waals surface area contributed by atoms with Crippen LogP contribution in [0.4, 0.5) is 5.69 Å². The summed E-state index contributed by atoms with van der Waals surface area (Å²) in [5.74, 6) is 0.568. The van der Waals surface area contributed by atoms with Gasteiger partial charge in [0.2, 0.25) is 0 Å². The van der Waals surface area contributed by atoms with Crippen LogP contribution in [0, 0.1) is 0 Å². The molecule has 1 heteroatoms. The lowest BCUT2D eigenvalue weighted by Gasteiger charge is -2.39. The summed E-state index contributed by atoms with van der Waals surface area (Å²) in [6.07, 6.45) is 1.10. The van der Waals surface area contributed by atoms with Crippen molar-refractivity contribution in [2.75, 3.05) is 11.4 Å². The van der Waals surface area contributed by atoms with Gasteiger partial charge in [0.25, 0.3) is 0 Å². The molecule has 1 heterocycles. The van der Waals surface area contributed by atoms with Crippen molar-refractivity contribution in [2.24, 2.45) is 0 Å². The van der Waals surface area contributed by atoms with Crippen LogP contribution in [0.2, 0.25) is 0 Å². The Bertz CT molecular complexity index is 833. The topological polar surface area (TPSA) is 3.24 Å². The number of fused-ring (bicyclic) bond motifs is 1. The number of nitrogens with zero attached hydrogens (tertiary/aromatic N) is 1. The van der Waals surface area contributed by atoms with Gasteiger partial charge in [0.15, 0.2) is 0 Å². The van der Waals surface area contributed by atoms with E-state index in [0.29, 0.717) is 5.92 Å². The average molecular weight is 327 g/mol. The highest BCUT2D eigenvalue weighted by atomic mass is 15.2. The van der Waals surface area contributed by atoms with Gasteiger partial charge < -0.3 is 4.90 Å². The van der Waals surface area contributed by atoms with E-state index in [4.69, 9.17) is 0 Å². The van der Waals surface area contributed by atoms with Crippen LogP contribution in [0.15, 0.2) is 78.9 Å². The van der Waals surface area contributed by atoms with Crippen LogP contribution >= 0.6 is 0 Å². The molecule has 0 N–H and O–H groups in total. The highest BCUT2D eigenvalue weighted by molar-refractivity contribution is 5.56. The number of anilines is 1. The zero-order chi connectivity index (χ0) is 17.2. The minimum atomic E-state index is 0.286. The second-order valence-corrected chi connectivity index (χ2v) is 7.20. The third kappa shape index (κ3) is 3.07. The zero-order valence-corrected chi connectivity index (χ0v) is 15.0. The maximum absolute atomic E-state index is 2.55. The third-order valence-electron chi connectivity index (χ3n) is 5.29. The maximum Gasteiger partial charge on any atom is 0.0798 e. The number of hydrogen-bond donors (Lipinski definition) is 0. The molecule has 0 bridgehead atoms. The molecule has 4 rings (SSSR count). The van der Waals surface area contributed by atoms with Crippen LogP contribution in [0.25, 0.3) is 0 Å². The van der Waals surface area contributed by atoms with Crippen molar-refractivity contribution in [3.8, 4) is 0 Å². The Balaban J connectivity index is 1.81. The SMILES string of the molecule is CC(C)c1ccc(C2c3ccccc3CCN2c2ccccc2)cc1. The second kappa shape index (κ2) is 6.76. The molecule has 1 nitrogen and oxygen atoms in total. The van der Waals surface area contributed by atoms with Crippen molar-refractivity contribution in [2.45, 2.75) is 32.2 Å². The molecule has 126 valence electrons. The lowest BCUT2D eigenvalue weighted by atomic mass is 9.87. The molecule has 0 saturated carbocycles. The summed E-state index contributed by atoms with van der Waals surface area (Å²) in [6.45, 7) is 5.56. The lowest BCUT2D eigenvalue weighted by molar-refractivity contribution is 0.652. The molecule has 0 fully saturated rings. The number of hydrogen-bond acceptors (Lipinski definition) is 1. The van der Waals surface area contributed by atoms with Crippen molar-refractivity contribution in [3.63, 3.8) is 0 Å². The first kappa shape index (κ1) is 16.0. The fourth-order valence-electron chi connectivity index (χ4n) is 3.89. The first-order valence-electron chi connectivity index (χ1n) is 9.23. The molecule has 1 atom stereocenters. The molecule has 0 amide bonds. The maximum atomic E-state index is 2.55. The molecule has 3 aromatic carbocycles. The van der Waals surface area contributed by atoms with E-state index in [9.17, 15) is 0 Å². The Morgan fingerprint density at radius 1 is 0.800 bits per heavy atom. The molecule has 0 aromatic heterocycles. The number of benzene rings is 3. The van der Waals surface area contributed by atoms with Crippen LogP contribution < -0.4 is 4.90 Å². The van der Waals surface area contributed by atoms with Crippen LogP contribution in [0.3, 0.4) is 0 Å². The summed E-state index contributed by atoms with van der Waals surface area (Å²) < 4.78 is 0. The summed E-state index contributed by atoms with van der Waals surface area (Å²) in [5.41, 5.74) is 7.00. The minimum Gasteiger partial charge on any atom is -0.360 e. The summed E-state index contributed by atoms with van der Waals surface area (Å²) in [5, 5.41) is 0.